The fourth-order valence-corrected chi connectivity index (χ4v) is 1.51. The van der Waals surface area contributed by atoms with Crippen LogP contribution >= 0.6 is 15.9 Å². The van der Waals surface area contributed by atoms with E-state index in [0.717, 1.165) is 15.8 Å². The molecule has 0 saturated carbocycles. The van der Waals surface area contributed by atoms with Crippen molar-refractivity contribution < 1.29 is 9.84 Å². The Labute approximate surface area is 86.7 Å². The van der Waals surface area contributed by atoms with Crippen LogP contribution in [0.4, 0.5) is 0 Å². The minimum absolute atomic E-state index is 0.742. The average Bonchev–Trinajstić information content (AvgIpc) is 2.01. The molecule has 1 aromatic carbocycles. The molecule has 0 aliphatic carbocycles. The first-order valence-corrected chi connectivity index (χ1v) is 4.80. The van der Waals surface area contributed by atoms with Gasteiger partial charge in [0.05, 0.1) is 12.7 Å². The smallest absolute Gasteiger partial charge is 0.120 e. The Morgan fingerprint density at radius 3 is 2.38 bits per heavy atom. The molecule has 1 aromatic rings. The van der Waals surface area contributed by atoms with Crippen LogP contribution in [0.1, 0.15) is 19.4 Å². The summed E-state index contributed by atoms with van der Waals surface area (Å²) in [7, 11) is 1.61. The summed E-state index contributed by atoms with van der Waals surface area (Å²) in [6.07, 6.45) is 0. The standard InChI is InChI=1S/C10H13BrO2/c1-10(2,12)7-4-8(11)6-9(5-7)13-3/h4-6,12H,1-3H3. The number of ether oxygens (including phenoxy) is 1. The molecule has 3 heteroatoms. The van der Waals surface area contributed by atoms with E-state index in [0.29, 0.717) is 0 Å². The third-order valence-electron chi connectivity index (χ3n) is 1.81. The van der Waals surface area contributed by atoms with Crippen LogP contribution in [0.15, 0.2) is 22.7 Å². The van der Waals surface area contributed by atoms with Gasteiger partial charge >= 0.3 is 0 Å². The van der Waals surface area contributed by atoms with Gasteiger partial charge < -0.3 is 9.84 Å². The van der Waals surface area contributed by atoms with Gasteiger partial charge in [0.1, 0.15) is 5.75 Å². The average molecular weight is 245 g/mol. The maximum absolute atomic E-state index is 9.76. The Morgan fingerprint density at radius 1 is 1.31 bits per heavy atom. The summed E-state index contributed by atoms with van der Waals surface area (Å²) in [5, 5.41) is 9.76. The van der Waals surface area contributed by atoms with Gasteiger partial charge in [0, 0.05) is 4.47 Å². The van der Waals surface area contributed by atoms with Gasteiger partial charge in [-0.05, 0) is 37.6 Å². The van der Waals surface area contributed by atoms with Crippen molar-refractivity contribution in [1.29, 1.82) is 0 Å². The molecule has 2 nitrogen and oxygen atoms in total. The third kappa shape index (κ3) is 2.71. The molecule has 1 rings (SSSR count). The number of methoxy groups -OCH3 is 1. The normalized spacial score (nSPS) is 11.5. The van der Waals surface area contributed by atoms with E-state index in [4.69, 9.17) is 4.74 Å². The Morgan fingerprint density at radius 2 is 1.92 bits per heavy atom. The molecule has 0 aliphatic heterocycles. The third-order valence-corrected chi connectivity index (χ3v) is 2.27. The first kappa shape index (κ1) is 10.5. The Kier molecular flexibility index (Phi) is 2.98. The van der Waals surface area contributed by atoms with Crippen molar-refractivity contribution in [2.45, 2.75) is 19.4 Å². The molecule has 0 atom stereocenters. The molecule has 0 aromatic heterocycles. The highest BCUT2D eigenvalue weighted by molar-refractivity contribution is 9.10. The summed E-state index contributed by atoms with van der Waals surface area (Å²) in [6, 6.07) is 5.56. The van der Waals surface area contributed by atoms with Crippen LogP contribution in [0.2, 0.25) is 0 Å². The molecule has 0 spiro atoms. The molecule has 0 unspecified atom stereocenters. The molecule has 13 heavy (non-hydrogen) atoms. The van der Waals surface area contributed by atoms with Crippen molar-refractivity contribution >= 4 is 15.9 Å². The van der Waals surface area contributed by atoms with Gasteiger partial charge in [0.25, 0.3) is 0 Å². The summed E-state index contributed by atoms with van der Waals surface area (Å²) < 4.78 is 6.00. The van der Waals surface area contributed by atoms with Crippen molar-refractivity contribution in [3.05, 3.63) is 28.2 Å². The maximum atomic E-state index is 9.76. The molecule has 72 valence electrons. The highest BCUT2D eigenvalue weighted by Gasteiger charge is 2.17. The number of benzene rings is 1. The van der Waals surface area contributed by atoms with Crippen molar-refractivity contribution in [2.75, 3.05) is 7.11 Å². The van der Waals surface area contributed by atoms with Crippen molar-refractivity contribution in [3.63, 3.8) is 0 Å². The van der Waals surface area contributed by atoms with Gasteiger partial charge in [-0.2, -0.15) is 0 Å². The van der Waals surface area contributed by atoms with E-state index in [1.54, 1.807) is 21.0 Å². The largest absolute Gasteiger partial charge is 0.497 e. The molecule has 0 amide bonds. The zero-order chi connectivity index (χ0) is 10.1. The molecule has 0 heterocycles. The van der Waals surface area contributed by atoms with Crippen LogP contribution in [-0.4, -0.2) is 12.2 Å². The summed E-state index contributed by atoms with van der Waals surface area (Å²) in [6.45, 7) is 3.49. The second-order valence-electron chi connectivity index (χ2n) is 3.44. The van der Waals surface area contributed by atoms with E-state index in [9.17, 15) is 5.11 Å². The van der Waals surface area contributed by atoms with Gasteiger partial charge in [-0.25, -0.2) is 0 Å². The Bertz CT molecular complexity index is 302. The zero-order valence-corrected chi connectivity index (χ0v) is 9.55. The molecule has 0 aliphatic rings. The highest BCUT2D eigenvalue weighted by Crippen LogP contribution is 2.28. The lowest BCUT2D eigenvalue weighted by atomic mass is 9.98. The first-order valence-electron chi connectivity index (χ1n) is 4.01. The lowest BCUT2D eigenvalue weighted by molar-refractivity contribution is 0.0783. The Balaban J connectivity index is 3.16. The van der Waals surface area contributed by atoms with Crippen LogP contribution in [0, 0.1) is 0 Å². The predicted octanol–water partition coefficient (Wildman–Crippen LogP) is 2.69. The minimum Gasteiger partial charge on any atom is -0.497 e. The van der Waals surface area contributed by atoms with E-state index < -0.39 is 5.60 Å². The topological polar surface area (TPSA) is 29.5 Å². The number of hydrogen-bond donors (Lipinski definition) is 1. The second-order valence-corrected chi connectivity index (χ2v) is 4.35. The van der Waals surface area contributed by atoms with Gasteiger partial charge in [-0.3, -0.25) is 0 Å². The van der Waals surface area contributed by atoms with Gasteiger partial charge in [-0.1, -0.05) is 15.9 Å². The van der Waals surface area contributed by atoms with Crippen LogP contribution in [-0.2, 0) is 5.60 Å². The van der Waals surface area contributed by atoms with E-state index in [-0.39, 0.29) is 0 Å². The lowest BCUT2D eigenvalue weighted by Gasteiger charge is -2.18. The second kappa shape index (κ2) is 3.68. The van der Waals surface area contributed by atoms with E-state index >= 15 is 0 Å². The number of hydrogen-bond acceptors (Lipinski definition) is 2. The molecule has 0 saturated heterocycles. The quantitative estimate of drug-likeness (QED) is 0.867. The molecule has 0 fully saturated rings. The molecular weight excluding hydrogens is 232 g/mol. The molecule has 0 bridgehead atoms. The summed E-state index contributed by atoms with van der Waals surface area (Å²) in [5.74, 6) is 0.742. The lowest BCUT2D eigenvalue weighted by Crippen LogP contribution is -2.15. The molecule has 0 radical (unpaired) electrons. The molecule has 1 N–H and O–H groups in total. The summed E-state index contributed by atoms with van der Waals surface area (Å²) in [4.78, 5) is 0. The fourth-order valence-electron chi connectivity index (χ4n) is 1.03. The Hall–Kier alpha value is -0.540. The first-order chi connectivity index (χ1) is 5.93. The van der Waals surface area contributed by atoms with Crippen molar-refractivity contribution in [1.82, 2.24) is 0 Å². The fraction of sp³-hybridized carbons (Fsp3) is 0.400. The van der Waals surface area contributed by atoms with Gasteiger partial charge in [0.15, 0.2) is 0 Å². The van der Waals surface area contributed by atoms with Crippen molar-refractivity contribution in [3.8, 4) is 5.75 Å². The number of halogens is 1. The predicted molar refractivity (Wildman–Crippen MR) is 55.9 cm³/mol. The summed E-state index contributed by atoms with van der Waals surface area (Å²) >= 11 is 3.36. The van der Waals surface area contributed by atoms with E-state index in [2.05, 4.69) is 15.9 Å². The van der Waals surface area contributed by atoms with Crippen molar-refractivity contribution in [2.24, 2.45) is 0 Å². The van der Waals surface area contributed by atoms with Crippen LogP contribution in [0.3, 0.4) is 0 Å². The van der Waals surface area contributed by atoms with E-state index in [1.807, 2.05) is 18.2 Å². The SMILES string of the molecule is COc1cc(Br)cc(C(C)(C)O)c1. The molecular formula is C10H13BrO2. The maximum Gasteiger partial charge on any atom is 0.120 e. The van der Waals surface area contributed by atoms with Crippen LogP contribution in [0.25, 0.3) is 0 Å². The van der Waals surface area contributed by atoms with Gasteiger partial charge in [-0.15, -0.1) is 0 Å². The monoisotopic (exact) mass is 244 g/mol. The highest BCUT2D eigenvalue weighted by atomic mass is 79.9. The van der Waals surface area contributed by atoms with Gasteiger partial charge in [0.2, 0.25) is 0 Å². The zero-order valence-electron chi connectivity index (χ0n) is 7.97. The minimum atomic E-state index is -0.836. The van der Waals surface area contributed by atoms with Crippen LogP contribution < -0.4 is 4.74 Å². The summed E-state index contributed by atoms with van der Waals surface area (Å²) in [5.41, 5.74) is -0.00410. The van der Waals surface area contributed by atoms with Crippen LogP contribution in [0.5, 0.6) is 5.75 Å². The van der Waals surface area contributed by atoms with E-state index in [1.165, 1.54) is 0 Å². The number of aliphatic hydroxyl groups is 1. The number of rotatable bonds is 2.